The Hall–Kier alpha value is -1.10. The van der Waals surface area contributed by atoms with Gasteiger partial charge in [-0.1, -0.05) is 6.42 Å². The molecule has 0 aromatic rings. The summed E-state index contributed by atoms with van der Waals surface area (Å²) < 4.78 is 0. The molecular weight excluding hydrogens is 230 g/mol. The minimum atomic E-state index is -0.0401. The number of nitrogens with one attached hydrogen (secondary N) is 2. The zero-order valence-electron chi connectivity index (χ0n) is 11.5. The van der Waals surface area contributed by atoms with E-state index >= 15 is 0 Å². The Balaban J connectivity index is 2.11. The van der Waals surface area contributed by atoms with Crippen molar-refractivity contribution < 1.29 is 9.59 Å². The fourth-order valence-corrected chi connectivity index (χ4v) is 2.05. The number of amides is 2. The maximum atomic E-state index is 11.6. The molecule has 5 heteroatoms. The number of likely N-dealkylation sites (N-methyl/N-ethyl adjacent to an activating group) is 1. The average molecular weight is 255 g/mol. The summed E-state index contributed by atoms with van der Waals surface area (Å²) in [4.78, 5) is 24.7. The average Bonchev–Trinajstić information content (AvgIpc) is 2.42. The van der Waals surface area contributed by atoms with Crippen molar-refractivity contribution in [1.82, 2.24) is 15.5 Å². The van der Waals surface area contributed by atoms with Crippen LogP contribution in [-0.4, -0.2) is 49.4 Å². The molecule has 1 rings (SSSR count). The van der Waals surface area contributed by atoms with Gasteiger partial charge in [-0.3, -0.25) is 9.59 Å². The number of carbonyl (C=O) groups is 2. The molecule has 1 aliphatic rings. The van der Waals surface area contributed by atoms with Crippen molar-refractivity contribution in [3.63, 3.8) is 0 Å². The van der Waals surface area contributed by atoms with Crippen molar-refractivity contribution in [3.05, 3.63) is 0 Å². The third-order valence-electron chi connectivity index (χ3n) is 3.47. The van der Waals surface area contributed by atoms with Crippen molar-refractivity contribution in [2.24, 2.45) is 0 Å². The SMILES string of the molecule is CCN(C)C(=O)CNC(=O)CCC1CCCCN1. The van der Waals surface area contributed by atoms with Gasteiger partial charge < -0.3 is 15.5 Å². The highest BCUT2D eigenvalue weighted by Gasteiger charge is 2.14. The maximum absolute atomic E-state index is 11.6. The largest absolute Gasteiger partial charge is 0.347 e. The molecule has 0 saturated carbocycles. The number of hydrogen-bond donors (Lipinski definition) is 2. The van der Waals surface area contributed by atoms with Crippen LogP contribution in [0.4, 0.5) is 0 Å². The first kappa shape index (κ1) is 15.0. The summed E-state index contributed by atoms with van der Waals surface area (Å²) >= 11 is 0. The first-order chi connectivity index (χ1) is 8.63. The summed E-state index contributed by atoms with van der Waals surface area (Å²) in [6.07, 6.45) is 5.01. The van der Waals surface area contributed by atoms with Crippen LogP contribution in [-0.2, 0) is 9.59 Å². The Labute approximate surface area is 109 Å². The second kappa shape index (κ2) is 8.08. The number of rotatable bonds is 6. The van der Waals surface area contributed by atoms with Gasteiger partial charge >= 0.3 is 0 Å². The number of hydrogen-bond acceptors (Lipinski definition) is 3. The lowest BCUT2D eigenvalue weighted by molar-refractivity contribution is -0.131. The molecule has 104 valence electrons. The third-order valence-corrected chi connectivity index (χ3v) is 3.47. The Morgan fingerprint density at radius 1 is 1.39 bits per heavy atom. The van der Waals surface area contributed by atoms with Gasteiger partial charge in [-0.15, -0.1) is 0 Å². The molecule has 1 saturated heterocycles. The molecule has 2 amide bonds. The van der Waals surface area contributed by atoms with Crippen molar-refractivity contribution >= 4 is 11.8 Å². The fourth-order valence-electron chi connectivity index (χ4n) is 2.05. The molecule has 1 aliphatic heterocycles. The van der Waals surface area contributed by atoms with E-state index in [4.69, 9.17) is 0 Å². The second-order valence-electron chi connectivity index (χ2n) is 4.87. The predicted molar refractivity (Wildman–Crippen MR) is 71.2 cm³/mol. The molecule has 18 heavy (non-hydrogen) atoms. The van der Waals surface area contributed by atoms with E-state index in [1.165, 1.54) is 12.8 Å². The van der Waals surface area contributed by atoms with E-state index in [0.717, 1.165) is 19.4 Å². The molecule has 0 radical (unpaired) electrons. The fraction of sp³-hybridized carbons (Fsp3) is 0.846. The monoisotopic (exact) mass is 255 g/mol. The summed E-state index contributed by atoms with van der Waals surface area (Å²) in [5, 5.41) is 6.09. The van der Waals surface area contributed by atoms with E-state index in [2.05, 4.69) is 10.6 Å². The smallest absolute Gasteiger partial charge is 0.241 e. The van der Waals surface area contributed by atoms with Gasteiger partial charge in [0.05, 0.1) is 6.54 Å². The van der Waals surface area contributed by atoms with E-state index < -0.39 is 0 Å². The lowest BCUT2D eigenvalue weighted by atomic mass is 10.0. The Morgan fingerprint density at radius 2 is 2.17 bits per heavy atom. The molecular formula is C13H25N3O2. The molecule has 2 N–H and O–H groups in total. The molecule has 1 atom stereocenters. The zero-order chi connectivity index (χ0) is 13.4. The summed E-state index contributed by atoms with van der Waals surface area (Å²) in [5.74, 6) is -0.0677. The summed E-state index contributed by atoms with van der Waals surface area (Å²) in [5.41, 5.74) is 0. The quantitative estimate of drug-likeness (QED) is 0.726. The molecule has 0 spiro atoms. The zero-order valence-corrected chi connectivity index (χ0v) is 11.5. The van der Waals surface area contributed by atoms with Gasteiger partial charge in [0.15, 0.2) is 0 Å². The Morgan fingerprint density at radius 3 is 2.78 bits per heavy atom. The van der Waals surface area contributed by atoms with Crippen LogP contribution in [0, 0.1) is 0 Å². The molecule has 0 bridgehead atoms. The highest BCUT2D eigenvalue weighted by molar-refractivity contribution is 5.84. The van der Waals surface area contributed by atoms with Crippen LogP contribution in [0.3, 0.4) is 0 Å². The molecule has 1 fully saturated rings. The molecule has 0 aromatic heterocycles. The van der Waals surface area contributed by atoms with Crippen LogP contribution >= 0.6 is 0 Å². The van der Waals surface area contributed by atoms with Crippen LogP contribution < -0.4 is 10.6 Å². The molecule has 0 aromatic carbocycles. The minimum Gasteiger partial charge on any atom is -0.347 e. The highest BCUT2D eigenvalue weighted by atomic mass is 16.2. The third kappa shape index (κ3) is 5.49. The van der Waals surface area contributed by atoms with Crippen molar-refractivity contribution in [2.75, 3.05) is 26.7 Å². The van der Waals surface area contributed by atoms with E-state index in [-0.39, 0.29) is 18.4 Å². The first-order valence-electron chi connectivity index (χ1n) is 6.87. The standard InChI is InChI=1S/C13H25N3O2/c1-3-16(2)13(18)10-15-12(17)8-7-11-6-4-5-9-14-11/h11,14H,3-10H2,1-2H3,(H,15,17). The number of piperidine rings is 1. The summed E-state index contributed by atoms with van der Waals surface area (Å²) in [6, 6.07) is 0.471. The van der Waals surface area contributed by atoms with Crippen LogP contribution in [0.25, 0.3) is 0 Å². The van der Waals surface area contributed by atoms with E-state index in [1.54, 1.807) is 11.9 Å². The Kier molecular flexibility index (Phi) is 6.72. The van der Waals surface area contributed by atoms with Gasteiger partial charge in [-0.2, -0.15) is 0 Å². The normalized spacial score (nSPS) is 19.3. The van der Waals surface area contributed by atoms with E-state index in [9.17, 15) is 9.59 Å². The predicted octanol–water partition coefficient (Wildman–Crippen LogP) is 0.503. The van der Waals surface area contributed by atoms with Gasteiger partial charge in [0, 0.05) is 26.1 Å². The summed E-state index contributed by atoms with van der Waals surface area (Å²) in [6.45, 7) is 3.75. The van der Waals surface area contributed by atoms with Crippen LogP contribution in [0.15, 0.2) is 0 Å². The topological polar surface area (TPSA) is 61.4 Å². The first-order valence-corrected chi connectivity index (χ1v) is 6.87. The van der Waals surface area contributed by atoms with Crippen molar-refractivity contribution in [2.45, 2.75) is 45.1 Å². The molecule has 0 aliphatic carbocycles. The van der Waals surface area contributed by atoms with Gasteiger partial charge in [0.1, 0.15) is 0 Å². The van der Waals surface area contributed by atoms with Gasteiger partial charge in [0.2, 0.25) is 11.8 Å². The van der Waals surface area contributed by atoms with Crippen LogP contribution in [0.2, 0.25) is 0 Å². The van der Waals surface area contributed by atoms with Crippen LogP contribution in [0.1, 0.15) is 39.0 Å². The lowest BCUT2D eigenvalue weighted by Gasteiger charge is -2.23. The van der Waals surface area contributed by atoms with Gasteiger partial charge in [0.25, 0.3) is 0 Å². The van der Waals surface area contributed by atoms with Gasteiger partial charge in [-0.05, 0) is 32.7 Å². The minimum absolute atomic E-state index is 0.0276. The van der Waals surface area contributed by atoms with Crippen molar-refractivity contribution in [3.8, 4) is 0 Å². The summed E-state index contributed by atoms with van der Waals surface area (Å²) in [7, 11) is 1.74. The Bertz CT molecular complexity index is 275. The lowest BCUT2D eigenvalue weighted by Crippen LogP contribution is -2.39. The molecule has 5 nitrogen and oxygen atoms in total. The van der Waals surface area contributed by atoms with E-state index in [1.807, 2.05) is 6.92 Å². The number of nitrogens with zero attached hydrogens (tertiary/aromatic N) is 1. The maximum Gasteiger partial charge on any atom is 0.241 e. The van der Waals surface area contributed by atoms with Crippen molar-refractivity contribution in [1.29, 1.82) is 0 Å². The van der Waals surface area contributed by atoms with Gasteiger partial charge in [-0.25, -0.2) is 0 Å². The number of carbonyl (C=O) groups excluding carboxylic acids is 2. The van der Waals surface area contributed by atoms with E-state index in [0.29, 0.717) is 19.0 Å². The highest BCUT2D eigenvalue weighted by Crippen LogP contribution is 2.11. The van der Waals surface area contributed by atoms with Crippen LogP contribution in [0.5, 0.6) is 0 Å². The second-order valence-corrected chi connectivity index (χ2v) is 4.87. The molecule has 1 unspecified atom stereocenters. The molecule has 1 heterocycles.